The van der Waals surface area contributed by atoms with Crippen molar-refractivity contribution >= 4 is 28.4 Å². The Morgan fingerprint density at radius 2 is 2.04 bits per heavy atom. The molecule has 8 nitrogen and oxygen atoms in total. The van der Waals surface area contributed by atoms with Crippen LogP contribution in [0.4, 0.5) is 0 Å². The molecule has 2 N–H and O–H groups in total. The molecule has 128 valence electrons. The number of aromatic nitrogens is 3. The second-order valence-electron chi connectivity index (χ2n) is 6.14. The molecule has 1 amide bonds. The first-order valence-electron chi connectivity index (χ1n) is 8.10. The minimum absolute atomic E-state index is 0.205. The number of para-hydroxylation sites is 1. The first-order valence-corrected chi connectivity index (χ1v) is 8.10. The Kier molecular flexibility index (Phi) is 3.52. The van der Waals surface area contributed by atoms with Crippen LogP contribution in [0, 0.1) is 0 Å². The summed E-state index contributed by atoms with van der Waals surface area (Å²) in [6.45, 7) is 0.380. The number of piperidine rings is 1. The SMILES string of the molecule is O=C(O)[C@H]1CCCCN1C(=O)c1cnn2c1[nH]c(=O)c1ccccc12. The Bertz CT molecular complexity index is 1050. The lowest BCUT2D eigenvalue weighted by atomic mass is 10.0. The van der Waals surface area contributed by atoms with Crippen molar-refractivity contribution in [3.05, 3.63) is 46.4 Å². The van der Waals surface area contributed by atoms with Gasteiger partial charge in [-0.1, -0.05) is 12.1 Å². The number of amides is 1. The molecular weight excluding hydrogens is 324 g/mol. The van der Waals surface area contributed by atoms with Crippen LogP contribution >= 0.6 is 0 Å². The van der Waals surface area contributed by atoms with E-state index in [2.05, 4.69) is 10.1 Å². The number of carboxylic acid groups (broad SMARTS) is 1. The highest BCUT2D eigenvalue weighted by Crippen LogP contribution is 2.22. The number of hydrogen-bond donors (Lipinski definition) is 2. The fraction of sp³-hybridized carbons (Fsp3) is 0.294. The number of rotatable bonds is 2. The molecule has 1 atom stereocenters. The number of nitrogens with zero attached hydrogens (tertiary/aromatic N) is 3. The Labute approximate surface area is 141 Å². The van der Waals surface area contributed by atoms with E-state index < -0.39 is 17.9 Å². The number of carbonyl (C=O) groups excluding carboxylic acids is 1. The van der Waals surface area contributed by atoms with E-state index in [1.54, 1.807) is 24.3 Å². The number of carboxylic acids is 1. The van der Waals surface area contributed by atoms with Crippen LogP contribution in [-0.2, 0) is 4.79 Å². The third-order valence-electron chi connectivity index (χ3n) is 4.66. The number of likely N-dealkylation sites (tertiary alicyclic amines) is 1. The maximum absolute atomic E-state index is 12.9. The van der Waals surface area contributed by atoms with Crippen molar-refractivity contribution in [2.45, 2.75) is 25.3 Å². The molecular formula is C17H16N4O4. The van der Waals surface area contributed by atoms with Crippen molar-refractivity contribution in [3.63, 3.8) is 0 Å². The molecule has 0 radical (unpaired) electrons. The summed E-state index contributed by atoms with van der Waals surface area (Å²) < 4.78 is 1.50. The molecule has 1 saturated heterocycles. The summed E-state index contributed by atoms with van der Waals surface area (Å²) in [5, 5.41) is 14.1. The Balaban J connectivity index is 1.85. The van der Waals surface area contributed by atoms with Crippen molar-refractivity contribution in [3.8, 4) is 0 Å². The first-order chi connectivity index (χ1) is 12.1. The summed E-state index contributed by atoms with van der Waals surface area (Å²) >= 11 is 0. The van der Waals surface area contributed by atoms with Gasteiger partial charge < -0.3 is 15.0 Å². The average molecular weight is 340 g/mol. The number of aromatic amines is 1. The van der Waals surface area contributed by atoms with Gasteiger partial charge in [0.25, 0.3) is 11.5 Å². The summed E-state index contributed by atoms with van der Waals surface area (Å²) in [5.74, 6) is -1.43. The molecule has 0 spiro atoms. The smallest absolute Gasteiger partial charge is 0.326 e. The van der Waals surface area contributed by atoms with Gasteiger partial charge in [-0.25, -0.2) is 9.31 Å². The van der Waals surface area contributed by atoms with Crippen molar-refractivity contribution in [1.29, 1.82) is 0 Å². The second kappa shape index (κ2) is 5.73. The summed E-state index contributed by atoms with van der Waals surface area (Å²) in [6.07, 6.45) is 3.35. The number of nitrogens with one attached hydrogen (secondary N) is 1. The zero-order valence-electron chi connectivity index (χ0n) is 13.3. The van der Waals surface area contributed by atoms with Crippen molar-refractivity contribution in [2.24, 2.45) is 0 Å². The molecule has 0 saturated carbocycles. The van der Waals surface area contributed by atoms with Gasteiger partial charge in [0.05, 0.1) is 17.1 Å². The number of fused-ring (bicyclic) bond motifs is 3. The Morgan fingerprint density at radius 1 is 1.24 bits per heavy atom. The zero-order valence-corrected chi connectivity index (χ0v) is 13.3. The van der Waals surface area contributed by atoms with Crippen LogP contribution in [0.15, 0.2) is 35.3 Å². The third kappa shape index (κ3) is 2.37. The number of hydrogen-bond acceptors (Lipinski definition) is 4. The van der Waals surface area contributed by atoms with E-state index in [1.165, 1.54) is 15.6 Å². The Hall–Kier alpha value is -3.16. The largest absolute Gasteiger partial charge is 0.480 e. The second-order valence-corrected chi connectivity index (χ2v) is 6.14. The predicted molar refractivity (Wildman–Crippen MR) is 89.6 cm³/mol. The van der Waals surface area contributed by atoms with E-state index >= 15 is 0 Å². The van der Waals surface area contributed by atoms with Gasteiger partial charge in [-0.15, -0.1) is 0 Å². The van der Waals surface area contributed by atoms with Crippen LogP contribution in [0.25, 0.3) is 16.6 Å². The van der Waals surface area contributed by atoms with Gasteiger partial charge in [0, 0.05) is 6.54 Å². The molecule has 0 aliphatic carbocycles. The van der Waals surface area contributed by atoms with Gasteiger partial charge in [-0.05, 0) is 31.4 Å². The molecule has 25 heavy (non-hydrogen) atoms. The molecule has 1 aliphatic heterocycles. The highest BCUT2D eigenvalue weighted by molar-refractivity contribution is 6.02. The van der Waals surface area contributed by atoms with E-state index in [1.807, 2.05) is 0 Å². The molecule has 1 aliphatic rings. The molecule has 2 aromatic heterocycles. The lowest BCUT2D eigenvalue weighted by Crippen LogP contribution is -2.48. The molecule has 1 fully saturated rings. The van der Waals surface area contributed by atoms with Gasteiger partial charge >= 0.3 is 5.97 Å². The third-order valence-corrected chi connectivity index (χ3v) is 4.66. The van der Waals surface area contributed by atoms with Gasteiger partial charge in [0.15, 0.2) is 0 Å². The lowest BCUT2D eigenvalue weighted by molar-refractivity contribution is -0.143. The zero-order chi connectivity index (χ0) is 17.6. The van der Waals surface area contributed by atoms with Gasteiger partial charge in [0.1, 0.15) is 17.3 Å². The minimum Gasteiger partial charge on any atom is -0.480 e. The number of carbonyl (C=O) groups is 2. The monoisotopic (exact) mass is 340 g/mol. The molecule has 0 unspecified atom stereocenters. The molecule has 8 heteroatoms. The molecule has 0 bridgehead atoms. The lowest BCUT2D eigenvalue weighted by Gasteiger charge is -2.32. The summed E-state index contributed by atoms with van der Waals surface area (Å²) in [7, 11) is 0. The molecule has 1 aromatic carbocycles. The van der Waals surface area contributed by atoms with Crippen LogP contribution < -0.4 is 5.56 Å². The molecule has 4 rings (SSSR count). The van der Waals surface area contributed by atoms with E-state index in [9.17, 15) is 19.5 Å². The molecule has 3 aromatic rings. The van der Waals surface area contributed by atoms with Gasteiger partial charge in [-0.2, -0.15) is 5.10 Å². The standard InChI is InChI=1S/C17H16N4O4/c22-15-10-5-1-2-6-12(10)21-14(19-15)11(9-18-21)16(23)20-8-4-3-7-13(20)17(24)25/h1-2,5-6,9,13H,3-4,7-8H2,(H,19,22)(H,24,25)/t13-/m1/s1. The molecule has 3 heterocycles. The number of aliphatic carboxylic acids is 1. The van der Waals surface area contributed by atoms with Crippen LogP contribution in [0.3, 0.4) is 0 Å². The van der Waals surface area contributed by atoms with E-state index in [-0.39, 0.29) is 16.8 Å². The fourth-order valence-corrected chi connectivity index (χ4v) is 3.42. The van der Waals surface area contributed by atoms with Crippen molar-refractivity contribution in [2.75, 3.05) is 6.54 Å². The Morgan fingerprint density at radius 3 is 2.84 bits per heavy atom. The number of H-pyrrole nitrogens is 1. The number of benzene rings is 1. The topological polar surface area (TPSA) is 108 Å². The van der Waals surface area contributed by atoms with Gasteiger partial charge in [0.2, 0.25) is 0 Å². The van der Waals surface area contributed by atoms with Crippen LogP contribution in [0.1, 0.15) is 29.6 Å². The van der Waals surface area contributed by atoms with Crippen LogP contribution in [0.2, 0.25) is 0 Å². The highest BCUT2D eigenvalue weighted by atomic mass is 16.4. The van der Waals surface area contributed by atoms with Crippen LogP contribution in [0.5, 0.6) is 0 Å². The van der Waals surface area contributed by atoms with Crippen molar-refractivity contribution < 1.29 is 14.7 Å². The van der Waals surface area contributed by atoms with E-state index in [0.29, 0.717) is 23.9 Å². The van der Waals surface area contributed by atoms with Crippen molar-refractivity contribution in [1.82, 2.24) is 19.5 Å². The van der Waals surface area contributed by atoms with Gasteiger partial charge in [-0.3, -0.25) is 9.59 Å². The average Bonchev–Trinajstić information content (AvgIpc) is 3.05. The maximum Gasteiger partial charge on any atom is 0.326 e. The summed E-state index contributed by atoms with van der Waals surface area (Å²) in [6, 6.07) is 6.13. The predicted octanol–water partition coefficient (Wildman–Crippen LogP) is 1.26. The minimum atomic E-state index is -1.01. The summed E-state index contributed by atoms with van der Waals surface area (Å²) in [4.78, 5) is 40.7. The normalized spacial score (nSPS) is 17.9. The summed E-state index contributed by atoms with van der Waals surface area (Å²) in [5.41, 5.74) is 0.763. The maximum atomic E-state index is 12.9. The first kappa shape index (κ1) is 15.4. The quantitative estimate of drug-likeness (QED) is 0.730. The highest BCUT2D eigenvalue weighted by Gasteiger charge is 2.33. The van der Waals surface area contributed by atoms with E-state index in [0.717, 1.165) is 12.8 Å². The van der Waals surface area contributed by atoms with E-state index in [4.69, 9.17) is 0 Å². The van der Waals surface area contributed by atoms with Crippen LogP contribution in [-0.4, -0.2) is 49.1 Å². The fourth-order valence-electron chi connectivity index (χ4n) is 3.42.